The standard InChI is InChI=1S/C13H21NO4/c1-15-8-9-17-6-3-7-18-13-10-11(14)4-5-12(13)16-2/h4-5,10H,3,6-9,14H2,1-2H3. The van der Waals surface area contributed by atoms with Gasteiger partial charge in [0, 0.05) is 31.9 Å². The summed E-state index contributed by atoms with van der Waals surface area (Å²) in [6.07, 6.45) is 0.807. The van der Waals surface area contributed by atoms with Gasteiger partial charge in [-0.3, -0.25) is 0 Å². The maximum atomic E-state index is 5.69. The topological polar surface area (TPSA) is 62.9 Å². The van der Waals surface area contributed by atoms with Crippen molar-refractivity contribution in [2.45, 2.75) is 6.42 Å². The monoisotopic (exact) mass is 255 g/mol. The van der Waals surface area contributed by atoms with E-state index in [2.05, 4.69) is 0 Å². The molecule has 0 unspecified atom stereocenters. The molecular formula is C13H21NO4. The van der Waals surface area contributed by atoms with E-state index >= 15 is 0 Å². The number of anilines is 1. The van der Waals surface area contributed by atoms with Crippen molar-refractivity contribution >= 4 is 5.69 Å². The number of benzene rings is 1. The fourth-order valence-electron chi connectivity index (χ4n) is 1.39. The van der Waals surface area contributed by atoms with Gasteiger partial charge in [0.05, 0.1) is 26.9 Å². The molecule has 1 aromatic rings. The van der Waals surface area contributed by atoms with Crippen LogP contribution >= 0.6 is 0 Å². The summed E-state index contributed by atoms with van der Waals surface area (Å²) in [5.74, 6) is 1.35. The molecule has 1 aromatic carbocycles. The molecule has 0 radical (unpaired) electrons. The molecule has 5 heteroatoms. The number of ether oxygens (including phenoxy) is 4. The summed E-state index contributed by atoms with van der Waals surface area (Å²) in [6.45, 7) is 2.43. The van der Waals surface area contributed by atoms with Gasteiger partial charge in [-0.15, -0.1) is 0 Å². The molecule has 0 bridgehead atoms. The van der Waals surface area contributed by atoms with E-state index < -0.39 is 0 Å². The highest BCUT2D eigenvalue weighted by Gasteiger charge is 2.04. The van der Waals surface area contributed by atoms with E-state index in [1.165, 1.54) is 0 Å². The summed E-state index contributed by atoms with van der Waals surface area (Å²) in [7, 11) is 3.25. The lowest BCUT2D eigenvalue weighted by Crippen LogP contribution is -2.07. The quantitative estimate of drug-likeness (QED) is 0.537. The average Bonchev–Trinajstić information content (AvgIpc) is 2.38. The Hall–Kier alpha value is -1.46. The predicted molar refractivity (Wildman–Crippen MR) is 70.2 cm³/mol. The van der Waals surface area contributed by atoms with Gasteiger partial charge in [0.2, 0.25) is 0 Å². The minimum Gasteiger partial charge on any atom is -0.493 e. The largest absolute Gasteiger partial charge is 0.493 e. The first kappa shape index (κ1) is 14.6. The van der Waals surface area contributed by atoms with E-state index in [1.807, 2.05) is 0 Å². The van der Waals surface area contributed by atoms with E-state index in [4.69, 9.17) is 24.7 Å². The summed E-state index contributed by atoms with van der Waals surface area (Å²) < 4.78 is 21.0. The number of hydrogen-bond donors (Lipinski definition) is 1. The van der Waals surface area contributed by atoms with E-state index in [1.54, 1.807) is 32.4 Å². The molecule has 0 heterocycles. The first-order valence-electron chi connectivity index (χ1n) is 5.91. The molecule has 0 spiro atoms. The molecule has 0 saturated heterocycles. The van der Waals surface area contributed by atoms with Crippen LogP contribution in [-0.2, 0) is 9.47 Å². The molecule has 0 saturated carbocycles. The third-order valence-electron chi connectivity index (χ3n) is 2.31. The summed E-state index contributed by atoms with van der Waals surface area (Å²) >= 11 is 0. The van der Waals surface area contributed by atoms with Crippen LogP contribution in [0.3, 0.4) is 0 Å². The zero-order chi connectivity index (χ0) is 13.2. The second-order valence-corrected chi connectivity index (χ2v) is 3.72. The van der Waals surface area contributed by atoms with Gasteiger partial charge in [-0.25, -0.2) is 0 Å². The molecule has 0 aliphatic heterocycles. The normalized spacial score (nSPS) is 10.3. The van der Waals surface area contributed by atoms with Crippen molar-refractivity contribution in [1.29, 1.82) is 0 Å². The third-order valence-corrected chi connectivity index (χ3v) is 2.31. The van der Waals surface area contributed by atoms with Gasteiger partial charge >= 0.3 is 0 Å². The van der Waals surface area contributed by atoms with Crippen molar-refractivity contribution in [2.24, 2.45) is 0 Å². The zero-order valence-corrected chi connectivity index (χ0v) is 11.0. The molecule has 2 N–H and O–H groups in total. The van der Waals surface area contributed by atoms with Crippen molar-refractivity contribution in [3.8, 4) is 11.5 Å². The lowest BCUT2D eigenvalue weighted by atomic mass is 10.3. The van der Waals surface area contributed by atoms with Crippen molar-refractivity contribution < 1.29 is 18.9 Å². The molecule has 0 fully saturated rings. The van der Waals surface area contributed by atoms with Crippen LogP contribution in [-0.4, -0.2) is 40.6 Å². The highest BCUT2D eigenvalue weighted by Crippen LogP contribution is 2.28. The van der Waals surface area contributed by atoms with Crippen LogP contribution in [0.15, 0.2) is 18.2 Å². The van der Waals surface area contributed by atoms with Gasteiger partial charge in [0.25, 0.3) is 0 Å². The second kappa shape index (κ2) is 8.60. The van der Waals surface area contributed by atoms with Gasteiger partial charge in [0.1, 0.15) is 0 Å². The molecule has 0 aliphatic rings. The van der Waals surface area contributed by atoms with Crippen molar-refractivity contribution in [3.63, 3.8) is 0 Å². The summed E-state index contributed by atoms with van der Waals surface area (Å²) in [5.41, 5.74) is 6.35. The lowest BCUT2D eigenvalue weighted by molar-refractivity contribution is 0.0643. The minimum atomic E-state index is 0.562. The first-order chi connectivity index (χ1) is 8.77. The lowest BCUT2D eigenvalue weighted by Gasteiger charge is -2.11. The Morgan fingerprint density at radius 1 is 1.00 bits per heavy atom. The molecule has 102 valence electrons. The Bertz CT molecular complexity index is 344. The molecule has 0 amide bonds. The SMILES string of the molecule is COCCOCCCOc1cc(N)ccc1OC. The summed E-state index contributed by atoms with van der Waals surface area (Å²) in [5, 5.41) is 0. The van der Waals surface area contributed by atoms with E-state index in [0.717, 1.165) is 6.42 Å². The van der Waals surface area contributed by atoms with Crippen molar-refractivity contribution in [3.05, 3.63) is 18.2 Å². The van der Waals surface area contributed by atoms with Crippen molar-refractivity contribution in [2.75, 3.05) is 46.4 Å². The number of hydrogen-bond acceptors (Lipinski definition) is 5. The highest BCUT2D eigenvalue weighted by atomic mass is 16.5. The van der Waals surface area contributed by atoms with E-state index in [-0.39, 0.29) is 0 Å². The number of methoxy groups -OCH3 is 2. The van der Waals surface area contributed by atoms with Gasteiger partial charge < -0.3 is 24.7 Å². The molecule has 0 aromatic heterocycles. The van der Waals surface area contributed by atoms with Crippen LogP contribution in [0.5, 0.6) is 11.5 Å². The molecule has 0 aliphatic carbocycles. The van der Waals surface area contributed by atoms with E-state index in [9.17, 15) is 0 Å². The first-order valence-corrected chi connectivity index (χ1v) is 5.91. The van der Waals surface area contributed by atoms with Crippen LogP contribution in [0.2, 0.25) is 0 Å². The van der Waals surface area contributed by atoms with Gasteiger partial charge in [0.15, 0.2) is 11.5 Å². The Labute approximate surface area is 108 Å². The van der Waals surface area contributed by atoms with Gasteiger partial charge in [-0.05, 0) is 12.1 Å². The number of nitrogen functional groups attached to an aromatic ring is 1. The van der Waals surface area contributed by atoms with Gasteiger partial charge in [-0.1, -0.05) is 0 Å². The van der Waals surface area contributed by atoms with Crippen LogP contribution in [0, 0.1) is 0 Å². The van der Waals surface area contributed by atoms with Crippen molar-refractivity contribution in [1.82, 2.24) is 0 Å². The molecule has 1 rings (SSSR count). The van der Waals surface area contributed by atoms with Crippen LogP contribution < -0.4 is 15.2 Å². The fourth-order valence-corrected chi connectivity index (χ4v) is 1.39. The molecule has 0 atom stereocenters. The summed E-state index contributed by atoms with van der Waals surface area (Å²) in [4.78, 5) is 0. The number of nitrogens with two attached hydrogens (primary N) is 1. The van der Waals surface area contributed by atoms with Gasteiger partial charge in [-0.2, -0.15) is 0 Å². The highest BCUT2D eigenvalue weighted by molar-refractivity contribution is 5.51. The Morgan fingerprint density at radius 3 is 2.56 bits per heavy atom. The second-order valence-electron chi connectivity index (χ2n) is 3.72. The maximum absolute atomic E-state index is 5.69. The van der Waals surface area contributed by atoms with Crippen LogP contribution in [0.1, 0.15) is 6.42 Å². The molecule has 18 heavy (non-hydrogen) atoms. The molecule has 5 nitrogen and oxygen atoms in total. The smallest absolute Gasteiger partial charge is 0.163 e. The molecular weight excluding hydrogens is 234 g/mol. The fraction of sp³-hybridized carbons (Fsp3) is 0.538. The minimum absolute atomic E-state index is 0.562. The average molecular weight is 255 g/mol. The third kappa shape index (κ3) is 5.25. The maximum Gasteiger partial charge on any atom is 0.163 e. The van der Waals surface area contributed by atoms with Crippen LogP contribution in [0.4, 0.5) is 5.69 Å². The van der Waals surface area contributed by atoms with E-state index in [0.29, 0.717) is 43.6 Å². The Kier molecular flexibility index (Phi) is 6.98. The number of rotatable bonds is 9. The Morgan fingerprint density at radius 2 is 1.83 bits per heavy atom. The predicted octanol–water partition coefficient (Wildman–Crippen LogP) is 1.71. The summed E-state index contributed by atoms with van der Waals surface area (Å²) in [6, 6.07) is 5.32. The van der Waals surface area contributed by atoms with Crippen LogP contribution in [0.25, 0.3) is 0 Å². The Balaban J connectivity index is 2.24. The zero-order valence-electron chi connectivity index (χ0n) is 11.0.